The lowest BCUT2D eigenvalue weighted by Crippen LogP contribution is -2.54. The summed E-state index contributed by atoms with van der Waals surface area (Å²) < 4.78 is 1.69. The third-order valence-electron chi connectivity index (χ3n) is 9.49. The van der Waals surface area contributed by atoms with Gasteiger partial charge in [0.15, 0.2) is 5.69 Å². The number of carbonyl (C=O) groups is 5. The number of thiazole rings is 1. The molecule has 3 aliphatic rings. The van der Waals surface area contributed by atoms with Gasteiger partial charge in [0.2, 0.25) is 11.8 Å². The fraction of sp³-hybridized carbons (Fsp3) is 0.297. The molecular weight excluding hydrogens is 669 g/mol. The molecule has 2 N–H and O–H groups in total. The number of aromatic nitrogens is 3. The second-order valence-electron chi connectivity index (χ2n) is 13.2. The fourth-order valence-corrected chi connectivity index (χ4v) is 7.26. The largest absolute Gasteiger partial charge is 0.369 e. The smallest absolute Gasteiger partial charge is 0.262 e. The summed E-state index contributed by atoms with van der Waals surface area (Å²) in [5.41, 5.74) is 4.04. The van der Waals surface area contributed by atoms with E-state index in [1.54, 1.807) is 61.1 Å². The average Bonchev–Trinajstić information content (AvgIpc) is 3.79. The Balaban J connectivity index is 1.03. The van der Waals surface area contributed by atoms with Gasteiger partial charge in [-0.05, 0) is 64.4 Å². The molecular formula is C37H32N8O5S. The molecule has 0 radical (unpaired) electrons. The Morgan fingerprint density at radius 1 is 1.06 bits per heavy atom. The minimum atomic E-state index is -1.08. The number of amides is 5. The molecule has 5 heterocycles. The summed E-state index contributed by atoms with van der Waals surface area (Å²) in [4.78, 5) is 74.9. The van der Waals surface area contributed by atoms with Gasteiger partial charge >= 0.3 is 0 Å². The average molecular weight is 701 g/mol. The minimum Gasteiger partial charge on any atom is -0.369 e. The number of hydrogen-bond donors (Lipinski definition) is 2. The zero-order chi connectivity index (χ0) is 36.2. The van der Waals surface area contributed by atoms with Gasteiger partial charge in [-0.15, -0.1) is 11.3 Å². The number of fused-ring (bicyclic) bond motifs is 1. The first-order valence-electron chi connectivity index (χ1n) is 16.3. The zero-order valence-corrected chi connectivity index (χ0v) is 29.1. The van der Waals surface area contributed by atoms with E-state index in [1.165, 1.54) is 11.3 Å². The first-order chi connectivity index (χ1) is 24.4. The van der Waals surface area contributed by atoms with E-state index in [1.807, 2.05) is 19.2 Å². The summed E-state index contributed by atoms with van der Waals surface area (Å²) in [7, 11) is 0. The molecule has 0 bridgehead atoms. The lowest BCUT2D eigenvalue weighted by Gasteiger charge is -2.38. The minimum absolute atomic E-state index is 0.0386. The van der Waals surface area contributed by atoms with Crippen molar-refractivity contribution in [1.29, 1.82) is 0 Å². The zero-order valence-electron chi connectivity index (χ0n) is 28.2. The van der Waals surface area contributed by atoms with Crippen LogP contribution in [0.5, 0.6) is 0 Å². The van der Waals surface area contributed by atoms with Gasteiger partial charge in [-0.2, -0.15) is 5.10 Å². The van der Waals surface area contributed by atoms with Gasteiger partial charge in [0.1, 0.15) is 16.6 Å². The van der Waals surface area contributed by atoms with Crippen molar-refractivity contribution in [2.75, 3.05) is 23.3 Å². The number of hydrogen-bond acceptors (Lipinski definition) is 9. The van der Waals surface area contributed by atoms with Crippen LogP contribution in [0.1, 0.15) is 64.4 Å². The predicted octanol–water partition coefficient (Wildman–Crippen LogP) is 4.44. The van der Waals surface area contributed by atoms with Crippen LogP contribution in [-0.4, -0.2) is 68.3 Å². The van der Waals surface area contributed by atoms with E-state index in [9.17, 15) is 24.0 Å². The normalized spacial score (nSPS) is 17.4. The van der Waals surface area contributed by atoms with E-state index in [0.717, 1.165) is 21.8 Å². The van der Waals surface area contributed by atoms with Crippen LogP contribution >= 0.6 is 11.3 Å². The molecule has 256 valence electrons. The Morgan fingerprint density at radius 2 is 1.82 bits per heavy atom. The number of rotatable bonds is 6. The Morgan fingerprint density at radius 3 is 2.53 bits per heavy atom. The third-order valence-corrected chi connectivity index (χ3v) is 10.3. The molecule has 7 rings (SSSR count). The van der Waals surface area contributed by atoms with E-state index in [2.05, 4.69) is 37.2 Å². The van der Waals surface area contributed by atoms with Crippen molar-refractivity contribution in [2.45, 2.75) is 52.1 Å². The summed E-state index contributed by atoms with van der Waals surface area (Å²) in [5.74, 6) is 4.24. The molecule has 5 amide bonds. The van der Waals surface area contributed by atoms with Crippen LogP contribution in [0, 0.1) is 38.2 Å². The number of aryl methyl sites for hydroxylation is 1. The second-order valence-corrected chi connectivity index (χ2v) is 14.1. The Labute approximate surface area is 297 Å². The number of nitrogens with zero attached hydrogens (tertiary/aromatic N) is 6. The highest BCUT2D eigenvalue weighted by Gasteiger charge is 2.45. The number of piperidine rings is 1. The molecule has 4 aromatic rings. The van der Waals surface area contributed by atoms with Crippen molar-refractivity contribution in [1.82, 2.24) is 25.0 Å². The van der Waals surface area contributed by atoms with E-state index in [-0.39, 0.29) is 35.8 Å². The highest BCUT2D eigenvalue weighted by molar-refractivity contribution is 7.13. The van der Waals surface area contributed by atoms with Gasteiger partial charge in [0.25, 0.3) is 17.7 Å². The van der Waals surface area contributed by atoms with Gasteiger partial charge in [0.05, 0.1) is 40.6 Å². The van der Waals surface area contributed by atoms with E-state index >= 15 is 0 Å². The Hall–Kier alpha value is -6.12. The van der Waals surface area contributed by atoms with Crippen molar-refractivity contribution < 1.29 is 24.0 Å². The Bertz CT molecular complexity index is 2270. The molecule has 14 heteroatoms. The molecule has 3 aliphatic heterocycles. The molecule has 13 nitrogen and oxygen atoms in total. The maximum absolute atomic E-state index is 13.7. The number of nitrogens with one attached hydrogen (secondary N) is 2. The summed E-state index contributed by atoms with van der Waals surface area (Å²) in [6.45, 7) is 15.9. The van der Waals surface area contributed by atoms with Gasteiger partial charge < -0.3 is 10.2 Å². The molecule has 2 saturated heterocycles. The molecule has 2 aromatic heterocycles. The van der Waals surface area contributed by atoms with Crippen molar-refractivity contribution in [2.24, 2.45) is 5.92 Å². The topological polar surface area (TPSA) is 151 Å². The summed E-state index contributed by atoms with van der Waals surface area (Å²) in [5, 5.41) is 12.5. The molecule has 0 spiro atoms. The highest BCUT2D eigenvalue weighted by atomic mass is 32.1. The van der Waals surface area contributed by atoms with Crippen LogP contribution in [0.15, 0.2) is 48.0 Å². The molecule has 0 aliphatic carbocycles. The molecule has 51 heavy (non-hydrogen) atoms. The van der Waals surface area contributed by atoms with Gasteiger partial charge in [-0.1, -0.05) is 17.9 Å². The van der Waals surface area contributed by atoms with Crippen LogP contribution in [0.25, 0.3) is 15.4 Å². The van der Waals surface area contributed by atoms with Crippen molar-refractivity contribution in [3.63, 3.8) is 0 Å². The number of imide groups is 2. The summed E-state index contributed by atoms with van der Waals surface area (Å²) >= 11 is 1.42. The Kier molecular flexibility index (Phi) is 8.28. The number of anilines is 2. The molecule has 0 saturated carbocycles. The van der Waals surface area contributed by atoms with Crippen molar-refractivity contribution in [3.05, 3.63) is 87.5 Å². The molecule has 2 aromatic carbocycles. The van der Waals surface area contributed by atoms with Crippen LogP contribution < -0.4 is 15.5 Å². The quantitative estimate of drug-likeness (QED) is 0.170. The molecule has 2 fully saturated rings. The van der Waals surface area contributed by atoms with Crippen LogP contribution in [0.2, 0.25) is 0 Å². The first-order valence-corrected chi connectivity index (χ1v) is 17.2. The first kappa shape index (κ1) is 33.4. The molecule has 1 atom stereocenters. The van der Waals surface area contributed by atoms with Gasteiger partial charge in [-0.25, -0.2) is 9.83 Å². The lowest BCUT2D eigenvalue weighted by molar-refractivity contribution is -0.136. The summed E-state index contributed by atoms with van der Waals surface area (Å²) in [6, 6.07) is 9.15. The SMILES string of the molecule is [C-]#[N+]c1ccc(NC(=O)C(C)(C)n2nc(C)c(C#CC3CN(c4ccc5c(c4)C(=O)N(C4CCC(=O)NC4=O)C5=O)C3)c2C)c(-c2nccs2)c1. The standard InChI is InChI=1S/C37H32N8O5S/c1-20-25(21(2)45(42-20)37(3,4)36(50)40-29-11-7-23(38-5)16-28(29)33-39-14-15-51-33)9-6-22-18-43(19-22)24-8-10-26-27(17-24)35(49)44(34(26)48)30-12-13-31(46)41-32(30)47/h7-8,10-11,14-17,22,30H,12-13,18-19H2,1-4H3,(H,40,50)(H,41,46,47). The van der Waals surface area contributed by atoms with E-state index in [4.69, 9.17) is 11.7 Å². The fourth-order valence-electron chi connectivity index (χ4n) is 6.59. The predicted molar refractivity (Wildman–Crippen MR) is 189 cm³/mol. The van der Waals surface area contributed by atoms with Crippen molar-refractivity contribution in [3.8, 4) is 22.4 Å². The maximum Gasteiger partial charge on any atom is 0.262 e. The van der Waals surface area contributed by atoms with Crippen LogP contribution in [0.3, 0.4) is 0 Å². The van der Waals surface area contributed by atoms with Crippen LogP contribution in [-0.2, 0) is 19.9 Å². The van der Waals surface area contributed by atoms with Crippen molar-refractivity contribution >= 4 is 57.9 Å². The van der Waals surface area contributed by atoms with E-state index < -0.39 is 35.2 Å². The monoisotopic (exact) mass is 700 g/mol. The third kappa shape index (κ3) is 5.83. The summed E-state index contributed by atoms with van der Waals surface area (Å²) in [6.07, 6.45) is 1.85. The second kappa shape index (κ2) is 12.6. The number of carbonyl (C=O) groups excluding carboxylic acids is 5. The number of benzene rings is 2. The lowest BCUT2D eigenvalue weighted by atomic mass is 9.98. The maximum atomic E-state index is 13.7. The molecule has 1 unspecified atom stereocenters. The van der Waals surface area contributed by atoms with Gasteiger partial charge in [0, 0.05) is 48.0 Å². The highest BCUT2D eigenvalue weighted by Crippen LogP contribution is 2.35. The van der Waals surface area contributed by atoms with Gasteiger partial charge in [-0.3, -0.25) is 38.9 Å². The van der Waals surface area contributed by atoms with E-state index in [0.29, 0.717) is 40.7 Å². The van der Waals surface area contributed by atoms with Crippen LogP contribution in [0.4, 0.5) is 17.1 Å².